The van der Waals surface area contributed by atoms with E-state index in [9.17, 15) is 4.79 Å². The highest BCUT2D eigenvalue weighted by Gasteiger charge is 2.09. The molecule has 2 rings (SSSR count). The summed E-state index contributed by atoms with van der Waals surface area (Å²) in [6.45, 7) is 0. The van der Waals surface area contributed by atoms with Crippen LogP contribution in [0.4, 0.5) is 5.82 Å². The summed E-state index contributed by atoms with van der Waals surface area (Å²) in [4.78, 5) is 20.0. The van der Waals surface area contributed by atoms with E-state index < -0.39 is 0 Å². The molecule has 0 aromatic carbocycles. The number of hydrogen-bond acceptors (Lipinski definition) is 4. The lowest BCUT2D eigenvalue weighted by Crippen LogP contribution is -2.11. The van der Waals surface area contributed by atoms with E-state index in [-0.39, 0.29) is 11.1 Å². The zero-order chi connectivity index (χ0) is 11.5. The summed E-state index contributed by atoms with van der Waals surface area (Å²) in [6, 6.07) is 3.54. The Hall–Kier alpha value is -0.980. The number of carbonyl (C=O) groups is 1. The molecule has 2 aromatic rings. The molecule has 1 amide bonds. The first-order chi connectivity index (χ1) is 7.65. The topological polar surface area (TPSA) is 54.9 Å². The molecule has 82 valence electrons. The quantitative estimate of drug-likeness (QED) is 0.925. The van der Waals surface area contributed by atoms with Gasteiger partial charge in [0.2, 0.25) is 0 Å². The van der Waals surface area contributed by atoms with Crippen molar-refractivity contribution in [2.75, 3.05) is 5.32 Å². The Balaban J connectivity index is 2.10. The van der Waals surface area contributed by atoms with Gasteiger partial charge in [-0.05, 0) is 28.1 Å². The van der Waals surface area contributed by atoms with E-state index >= 15 is 0 Å². The maximum Gasteiger partial charge on any atom is 0.266 e. The van der Waals surface area contributed by atoms with Crippen LogP contribution in [0.2, 0.25) is 5.15 Å². The summed E-state index contributed by atoms with van der Waals surface area (Å²) in [5.41, 5.74) is 0. The van der Waals surface area contributed by atoms with Crippen LogP contribution in [0.15, 0.2) is 28.3 Å². The molecular formula is C9H5BrClN3OS. The number of nitrogens with one attached hydrogen (secondary N) is 1. The van der Waals surface area contributed by atoms with Gasteiger partial charge in [-0.3, -0.25) is 4.79 Å². The second-order valence-corrected chi connectivity index (χ2v) is 5.63. The molecule has 0 saturated carbocycles. The maximum absolute atomic E-state index is 11.7. The summed E-state index contributed by atoms with van der Waals surface area (Å²) in [5, 5.41) is 2.91. The smallest absolute Gasteiger partial charge is 0.266 e. The molecule has 0 aliphatic carbocycles. The first-order valence-corrected chi connectivity index (χ1v) is 6.18. The van der Waals surface area contributed by atoms with Crippen molar-refractivity contribution in [2.45, 2.75) is 0 Å². The lowest BCUT2D eigenvalue weighted by Gasteiger charge is -2.01. The third kappa shape index (κ3) is 2.78. The summed E-state index contributed by atoms with van der Waals surface area (Å²) < 4.78 is 0.903. The molecule has 0 saturated heterocycles. The van der Waals surface area contributed by atoms with Crippen molar-refractivity contribution in [1.29, 1.82) is 0 Å². The number of carbonyl (C=O) groups excluding carboxylic acids is 1. The monoisotopic (exact) mass is 317 g/mol. The van der Waals surface area contributed by atoms with Crippen molar-refractivity contribution in [3.8, 4) is 0 Å². The van der Waals surface area contributed by atoms with Gasteiger partial charge in [-0.25, -0.2) is 9.97 Å². The van der Waals surface area contributed by atoms with Gasteiger partial charge in [-0.15, -0.1) is 11.3 Å². The first-order valence-electron chi connectivity index (χ1n) is 4.19. The molecule has 0 atom stereocenters. The van der Waals surface area contributed by atoms with E-state index in [4.69, 9.17) is 11.6 Å². The van der Waals surface area contributed by atoms with Crippen LogP contribution in [0.1, 0.15) is 9.67 Å². The Morgan fingerprint density at radius 1 is 1.38 bits per heavy atom. The molecule has 1 N–H and O–H groups in total. The van der Waals surface area contributed by atoms with E-state index in [2.05, 4.69) is 31.2 Å². The lowest BCUT2D eigenvalue weighted by molar-refractivity contribution is 0.103. The first kappa shape index (κ1) is 11.5. The van der Waals surface area contributed by atoms with Crippen molar-refractivity contribution in [3.05, 3.63) is 38.3 Å². The number of aromatic nitrogens is 2. The number of rotatable bonds is 2. The Morgan fingerprint density at radius 3 is 2.75 bits per heavy atom. The highest BCUT2D eigenvalue weighted by Crippen LogP contribution is 2.22. The Kier molecular flexibility index (Phi) is 3.52. The van der Waals surface area contributed by atoms with Gasteiger partial charge < -0.3 is 5.32 Å². The minimum Gasteiger partial charge on any atom is -0.305 e. The molecule has 0 fully saturated rings. The van der Waals surface area contributed by atoms with Gasteiger partial charge in [0.1, 0.15) is 5.15 Å². The molecule has 2 aromatic heterocycles. The summed E-state index contributed by atoms with van der Waals surface area (Å²) >= 11 is 10.2. The Labute approximate surface area is 109 Å². The van der Waals surface area contributed by atoms with Gasteiger partial charge in [-0.2, -0.15) is 0 Å². The normalized spacial score (nSPS) is 10.1. The largest absolute Gasteiger partial charge is 0.305 e. The minimum atomic E-state index is -0.215. The Morgan fingerprint density at radius 2 is 2.19 bits per heavy atom. The minimum absolute atomic E-state index is 0.215. The molecule has 2 heterocycles. The molecule has 0 aliphatic heterocycles. The van der Waals surface area contributed by atoms with E-state index in [1.165, 1.54) is 23.7 Å². The molecule has 0 aliphatic rings. The zero-order valence-corrected chi connectivity index (χ0v) is 10.9. The average Bonchev–Trinajstić information content (AvgIpc) is 2.68. The van der Waals surface area contributed by atoms with Crippen LogP contribution in [0.3, 0.4) is 0 Å². The number of hydrogen-bond donors (Lipinski definition) is 1. The average molecular weight is 319 g/mol. The van der Waals surface area contributed by atoms with Gasteiger partial charge in [-0.1, -0.05) is 11.6 Å². The molecule has 0 bridgehead atoms. The van der Waals surface area contributed by atoms with Crippen molar-refractivity contribution in [1.82, 2.24) is 9.97 Å². The summed E-state index contributed by atoms with van der Waals surface area (Å²) in [6.07, 6.45) is 2.78. The highest BCUT2D eigenvalue weighted by atomic mass is 79.9. The van der Waals surface area contributed by atoms with Gasteiger partial charge in [0, 0.05) is 0 Å². The number of nitrogens with zero attached hydrogens (tertiary/aromatic N) is 2. The predicted molar refractivity (Wildman–Crippen MR) is 67.0 cm³/mol. The molecule has 16 heavy (non-hydrogen) atoms. The highest BCUT2D eigenvalue weighted by molar-refractivity contribution is 9.11. The SMILES string of the molecule is O=C(Nc1cnc(Cl)cn1)c1ccc(Br)s1. The standard InChI is InChI=1S/C9H5BrClN3OS/c10-6-2-1-5(16-6)9(15)14-8-4-12-7(11)3-13-8/h1-4H,(H,13,14,15). The molecule has 7 heteroatoms. The van der Waals surface area contributed by atoms with Gasteiger partial charge >= 0.3 is 0 Å². The van der Waals surface area contributed by atoms with E-state index in [0.717, 1.165) is 3.79 Å². The fraction of sp³-hybridized carbons (Fsp3) is 0. The molecule has 4 nitrogen and oxygen atoms in total. The van der Waals surface area contributed by atoms with Crippen molar-refractivity contribution >= 4 is 50.6 Å². The zero-order valence-electron chi connectivity index (χ0n) is 7.78. The fourth-order valence-corrected chi connectivity index (χ4v) is 2.37. The second-order valence-electron chi connectivity index (χ2n) is 2.78. The van der Waals surface area contributed by atoms with Gasteiger partial charge in [0.05, 0.1) is 21.1 Å². The Bertz CT molecular complexity index is 514. The van der Waals surface area contributed by atoms with E-state index in [1.54, 1.807) is 6.07 Å². The van der Waals surface area contributed by atoms with Crippen LogP contribution in [-0.4, -0.2) is 15.9 Å². The summed E-state index contributed by atoms with van der Waals surface area (Å²) in [5.74, 6) is 0.159. The van der Waals surface area contributed by atoms with Crippen LogP contribution in [0, 0.1) is 0 Å². The van der Waals surface area contributed by atoms with E-state index in [0.29, 0.717) is 10.7 Å². The number of halogens is 2. The molecular weight excluding hydrogens is 314 g/mol. The lowest BCUT2D eigenvalue weighted by atomic mass is 10.4. The van der Waals surface area contributed by atoms with Crippen LogP contribution < -0.4 is 5.32 Å². The molecule has 0 radical (unpaired) electrons. The fourth-order valence-electron chi connectivity index (χ4n) is 0.991. The van der Waals surface area contributed by atoms with Crippen molar-refractivity contribution in [2.24, 2.45) is 0 Å². The van der Waals surface area contributed by atoms with Crippen molar-refractivity contribution in [3.63, 3.8) is 0 Å². The third-order valence-corrected chi connectivity index (χ3v) is 3.48. The number of thiophene rings is 1. The van der Waals surface area contributed by atoms with Crippen LogP contribution in [-0.2, 0) is 0 Å². The van der Waals surface area contributed by atoms with Crippen molar-refractivity contribution < 1.29 is 4.79 Å². The van der Waals surface area contributed by atoms with Crippen LogP contribution in [0.25, 0.3) is 0 Å². The molecule has 0 spiro atoms. The van der Waals surface area contributed by atoms with E-state index in [1.807, 2.05) is 6.07 Å². The number of amides is 1. The van der Waals surface area contributed by atoms with Crippen LogP contribution >= 0.6 is 38.9 Å². The van der Waals surface area contributed by atoms with Gasteiger partial charge in [0.15, 0.2) is 5.82 Å². The second kappa shape index (κ2) is 4.90. The predicted octanol–water partition coefficient (Wildman–Crippen LogP) is 3.21. The maximum atomic E-state index is 11.7. The summed E-state index contributed by atoms with van der Waals surface area (Å²) in [7, 11) is 0. The third-order valence-electron chi connectivity index (χ3n) is 1.66. The number of anilines is 1. The molecule has 0 unspecified atom stereocenters. The van der Waals surface area contributed by atoms with Gasteiger partial charge in [0.25, 0.3) is 5.91 Å². The van der Waals surface area contributed by atoms with Crippen LogP contribution in [0.5, 0.6) is 0 Å².